The third-order valence-electron chi connectivity index (χ3n) is 6.47. The number of anilines is 1. The SMILES string of the molecule is Cc1cc(/C=C/C(=O)N2CC3CN(C)CC(C2)N3Cc2ccc(F)cc2)c(NS(C)(=O)=O)cc1Cl. The first-order chi connectivity index (χ1) is 16.5. The molecular formula is C25H30ClFN4O3S. The molecule has 0 aromatic heterocycles. The van der Waals surface area contributed by atoms with Gasteiger partial charge in [0.2, 0.25) is 15.9 Å². The molecule has 2 aliphatic heterocycles. The van der Waals surface area contributed by atoms with E-state index in [4.69, 9.17) is 11.6 Å². The highest BCUT2D eigenvalue weighted by Crippen LogP contribution is 2.28. The number of amides is 1. The predicted octanol–water partition coefficient (Wildman–Crippen LogP) is 3.20. The molecule has 2 aromatic rings. The fourth-order valence-corrected chi connectivity index (χ4v) is 5.59. The molecule has 0 aliphatic carbocycles. The number of nitrogens with one attached hydrogen (secondary N) is 1. The average molecular weight is 521 g/mol. The lowest BCUT2D eigenvalue weighted by Crippen LogP contribution is -2.68. The monoisotopic (exact) mass is 520 g/mol. The van der Waals surface area contributed by atoms with Crippen LogP contribution in [0.15, 0.2) is 42.5 Å². The second-order valence-corrected chi connectivity index (χ2v) is 11.6. The molecule has 188 valence electrons. The molecule has 2 saturated heterocycles. The highest BCUT2D eigenvalue weighted by atomic mass is 35.5. The number of carbonyl (C=O) groups excluding carboxylic acids is 1. The van der Waals surface area contributed by atoms with Crippen LogP contribution in [0.4, 0.5) is 10.1 Å². The zero-order valence-electron chi connectivity index (χ0n) is 20.0. The lowest BCUT2D eigenvalue weighted by molar-refractivity contribution is -0.134. The van der Waals surface area contributed by atoms with Gasteiger partial charge in [-0.3, -0.25) is 14.4 Å². The number of hydrogen-bond acceptors (Lipinski definition) is 5. The number of aryl methyl sites for hydroxylation is 1. The van der Waals surface area contributed by atoms with Crippen molar-refractivity contribution < 1.29 is 17.6 Å². The highest BCUT2D eigenvalue weighted by molar-refractivity contribution is 7.92. The number of nitrogens with zero attached hydrogens (tertiary/aromatic N) is 3. The molecule has 4 rings (SSSR count). The summed E-state index contributed by atoms with van der Waals surface area (Å²) in [5.74, 6) is -0.370. The minimum atomic E-state index is -3.51. The first-order valence-electron chi connectivity index (χ1n) is 11.4. The predicted molar refractivity (Wildman–Crippen MR) is 137 cm³/mol. The average Bonchev–Trinajstić information content (AvgIpc) is 2.76. The molecule has 2 aliphatic rings. The first-order valence-corrected chi connectivity index (χ1v) is 13.7. The van der Waals surface area contributed by atoms with E-state index in [9.17, 15) is 17.6 Å². The van der Waals surface area contributed by atoms with Crippen molar-refractivity contribution in [3.05, 3.63) is 70.0 Å². The van der Waals surface area contributed by atoms with Crippen molar-refractivity contribution in [1.82, 2.24) is 14.7 Å². The molecule has 2 aromatic carbocycles. The van der Waals surface area contributed by atoms with Crippen LogP contribution in [0.25, 0.3) is 6.08 Å². The van der Waals surface area contributed by atoms with Crippen LogP contribution in [-0.4, -0.2) is 80.6 Å². The van der Waals surface area contributed by atoms with Crippen LogP contribution in [0.3, 0.4) is 0 Å². The molecule has 0 saturated carbocycles. The standard InChI is InChI=1S/C25H30ClFN4O3S/c1-17-10-19(24(11-23(17)26)28-35(3,33)34)6-9-25(32)30-15-21-13-29(2)14-22(16-30)31(21)12-18-4-7-20(27)8-5-18/h4-11,21-22,28H,12-16H2,1-3H3/b9-6+. The van der Waals surface area contributed by atoms with Gasteiger partial charge in [-0.25, -0.2) is 12.8 Å². The molecule has 7 nitrogen and oxygen atoms in total. The quantitative estimate of drug-likeness (QED) is 0.592. The molecule has 2 bridgehead atoms. The van der Waals surface area contributed by atoms with Crippen LogP contribution in [0.5, 0.6) is 0 Å². The maximum atomic E-state index is 13.3. The summed E-state index contributed by atoms with van der Waals surface area (Å²) in [6.07, 6.45) is 4.19. The second-order valence-electron chi connectivity index (χ2n) is 9.47. The first kappa shape index (κ1) is 25.6. The number of carbonyl (C=O) groups is 1. The highest BCUT2D eigenvalue weighted by Gasteiger charge is 2.40. The van der Waals surface area contributed by atoms with Gasteiger partial charge in [0.1, 0.15) is 5.82 Å². The fourth-order valence-electron chi connectivity index (χ4n) is 4.85. The van der Waals surface area contributed by atoms with Crippen molar-refractivity contribution in [3.8, 4) is 0 Å². The molecular weight excluding hydrogens is 491 g/mol. The van der Waals surface area contributed by atoms with Crippen molar-refractivity contribution in [1.29, 1.82) is 0 Å². The maximum absolute atomic E-state index is 13.3. The van der Waals surface area contributed by atoms with E-state index in [1.54, 1.807) is 18.2 Å². The van der Waals surface area contributed by atoms with Crippen molar-refractivity contribution >= 4 is 39.3 Å². The van der Waals surface area contributed by atoms with Gasteiger partial charge in [0.15, 0.2) is 0 Å². The molecule has 2 unspecified atom stereocenters. The Labute approximate surface area is 211 Å². The van der Waals surface area contributed by atoms with Gasteiger partial charge in [-0.15, -0.1) is 0 Å². The van der Waals surface area contributed by atoms with E-state index in [0.717, 1.165) is 30.5 Å². The van der Waals surface area contributed by atoms with Crippen LogP contribution in [0.2, 0.25) is 5.02 Å². The van der Waals surface area contributed by atoms with Gasteiger partial charge in [0.25, 0.3) is 0 Å². The minimum Gasteiger partial charge on any atom is -0.336 e. The summed E-state index contributed by atoms with van der Waals surface area (Å²) in [6.45, 7) is 5.38. The Morgan fingerprint density at radius 3 is 2.37 bits per heavy atom. The van der Waals surface area contributed by atoms with Crippen LogP contribution < -0.4 is 4.72 Å². The molecule has 10 heteroatoms. The van der Waals surface area contributed by atoms with Gasteiger partial charge in [0.05, 0.1) is 11.9 Å². The molecule has 35 heavy (non-hydrogen) atoms. The largest absolute Gasteiger partial charge is 0.336 e. The van der Waals surface area contributed by atoms with E-state index in [0.29, 0.717) is 35.9 Å². The fraction of sp³-hybridized carbons (Fsp3) is 0.400. The Kier molecular flexibility index (Phi) is 7.51. The zero-order valence-corrected chi connectivity index (χ0v) is 21.6. The Bertz CT molecular complexity index is 1220. The molecule has 1 amide bonds. The number of piperazine rings is 2. The van der Waals surface area contributed by atoms with Crippen LogP contribution >= 0.6 is 11.6 Å². The van der Waals surface area contributed by atoms with Crippen LogP contribution in [0.1, 0.15) is 16.7 Å². The van der Waals surface area contributed by atoms with E-state index in [1.807, 2.05) is 24.0 Å². The van der Waals surface area contributed by atoms with E-state index >= 15 is 0 Å². The third kappa shape index (κ3) is 6.41. The topological polar surface area (TPSA) is 73.0 Å². The maximum Gasteiger partial charge on any atom is 0.246 e. The lowest BCUT2D eigenvalue weighted by atomic mass is 9.99. The van der Waals surface area contributed by atoms with Gasteiger partial charge in [-0.1, -0.05) is 23.7 Å². The normalized spacial score (nSPS) is 21.5. The summed E-state index contributed by atoms with van der Waals surface area (Å²) in [4.78, 5) is 19.7. The van der Waals surface area contributed by atoms with Gasteiger partial charge in [-0.2, -0.15) is 0 Å². The Morgan fingerprint density at radius 1 is 1.14 bits per heavy atom. The van der Waals surface area contributed by atoms with E-state index < -0.39 is 10.0 Å². The van der Waals surface area contributed by atoms with Gasteiger partial charge in [-0.05, 0) is 61.0 Å². The number of hydrogen-bond donors (Lipinski definition) is 1. The smallest absolute Gasteiger partial charge is 0.246 e. The zero-order chi connectivity index (χ0) is 25.3. The molecule has 2 heterocycles. The molecule has 2 fully saturated rings. The van der Waals surface area contributed by atoms with Crippen LogP contribution in [0, 0.1) is 12.7 Å². The van der Waals surface area contributed by atoms with Crippen LogP contribution in [-0.2, 0) is 21.4 Å². The van der Waals surface area contributed by atoms with Gasteiger partial charge >= 0.3 is 0 Å². The van der Waals surface area contributed by atoms with E-state index in [-0.39, 0.29) is 23.8 Å². The number of fused-ring (bicyclic) bond motifs is 2. The number of sulfonamides is 1. The van der Waals surface area contributed by atoms with Crippen molar-refractivity contribution in [2.24, 2.45) is 0 Å². The third-order valence-corrected chi connectivity index (χ3v) is 7.46. The van der Waals surface area contributed by atoms with Crippen molar-refractivity contribution in [2.45, 2.75) is 25.6 Å². The Hall–Kier alpha value is -2.46. The summed E-state index contributed by atoms with van der Waals surface area (Å²) in [7, 11) is -1.42. The number of benzene rings is 2. The minimum absolute atomic E-state index is 0.121. The number of halogens is 2. The van der Waals surface area contributed by atoms with Gasteiger partial charge < -0.3 is 9.80 Å². The van der Waals surface area contributed by atoms with E-state index in [2.05, 4.69) is 21.6 Å². The van der Waals surface area contributed by atoms with Crippen molar-refractivity contribution in [3.63, 3.8) is 0 Å². The summed E-state index contributed by atoms with van der Waals surface area (Å²) < 4.78 is 39.3. The number of rotatable bonds is 6. The summed E-state index contributed by atoms with van der Waals surface area (Å²) in [5.41, 5.74) is 2.73. The van der Waals surface area contributed by atoms with Gasteiger partial charge in [0, 0.05) is 55.9 Å². The molecule has 0 radical (unpaired) electrons. The summed E-state index contributed by atoms with van der Waals surface area (Å²) >= 11 is 6.18. The summed E-state index contributed by atoms with van der Waals surface area (Å²) in [6, 6.07) is 10.2. The second kappa shape index (κ2) is 10.3. The lowest BCUT2D eigenvalue weighted by Gasteiger charge is -2.52. The molecule has 2 atom stereocenters. The Morgan fingerprint density at radius 2 is 1.77 bits per heavy atom. The Balaban J connectivity index is 1.50. The number of likely N-dealkylation sites (N-methyl/N-ethyl adjacent to an activating group) is 1. The molecule has 1 N–H and O–H groups in total. The molecule has 0 spiro atoms. The van der Waals surface area contributed by atoms with E-state index in [1.165, 1.54) is 18.2 Å². The summed E-state index contributed by atoms with van der Waals surface area (Å²) in [5, 5.41) is 0.439. The van der Waals surface area contributed by atoms with Crippen molar-refractivity contribution in [2.75, 3.05) is 44.2 Å².